The second kappa shape index (κ2) is 7.77. The molecule has 0 aliphatic carbocycles. The summed E-state index contributed by atoms with van der Waals surface area (Å²) in [7, 11) is -2.89. The number of anilines is 1. The Kier molecular flexibility index (Phi) is 5.51. The van der Waals surface area contributed by atoms with Crippen LogP contribution in [0.4, 0.5) is 10.1 Å². The lowest BCUT2D eigenvalue weighted by atomic mass is 9.82. The lowest BCUT2D eigenvalue weighted by molar-refractivity contribution is 0.102. The first kappa shape index (κ1) is 24.1. The summed E-state index contributed by atoms with van der Waals surface area (Å²) in [6.45, 7) is 5.24. The average molecular weight is 503 g/mol. The Hall–Kier alpha value is -3.00. The maximum atomic E-state index is 15.2. The van der Waals surface area contributed by atoms with E-state index in [0.717, 1.165) is 0 Å². The van der Waals surface area contributed by atoms with E-state index in [1.165, 1.54) is 36.4 Å². The van der Waals surface area contributed by atoms with Gasteiger partial charge in [0.25, 0.3) is 5.91 Å². The Bertz CT molecular complexity index is 1430. The molecule has 0 saturated carbocycles. The number of nitrogens with zero attached hydrogens (tertiary/aromatic N) is 3. The second-order valence-corrected chi connectivity index (χ2v) is 12.3. The molecular formula is C23H24ClFN6O2S. The van der Waals surface area contributed by atoms with E-state index in [4.69, 9.17) is 28.3 Å². The molecule has 2 aromatic rings. The smallest absolute Gasteiger partial charge is 0.257 e. The molecule has 0 saturated heterocycles. The number of fused-ring (bicyclic) bond motifs is 1. The van der Waals surface area contributed by atoms with Crippen LogP contribution >= 0.6 is 11.6 Å². The summed E-state index contributed by atoms with van der Waals surface area (Å²) in [6, 6.07) is 10.3. The van der Waals surface area contributed by atoms with Gasteiger partial charge in [-0.3, -0.25) is 9.79 Å². The lowest BCUT2D eigenvalue weighted by Crippen LogP contribution is -2.58. The van der Waals surface area contributed by atoms with Gasteiger partial charge in [0.1, 0.15) is 21.9 Å². The summed E-state index contributed by atoms with van der Waals surface area (Å²) in [4.78, 5) is 16.2. The molecule has 0 bridgehead atoms. The third-order valence-corrected chi connectivity index (χ3v) is 10.6. The van der Waals surface area contributed by atoms with Gasteiger partial charge >= 0.3 is 0 Å². The minimum atomic E-state index is -2.89. The number of rotatable bonds is 5. The number of nitrogens with two attached hydrogens (primary N) is 2. The van der Waals surface area contributed by atoms with Gasteiger partial charge in [0, 0.05) is 17.7 Å². The van der Waals surface area contributed by atoms with Gasteiger partial charge in [-0.2, -0.15) is 5.26 Å². The molecule has 11 heteroatoms. The van der Waals surface area contributed by atoms with Crippen LogP contribution in [0.2, 0.25) is 5.02 Å². The summed E-state index contributed by atoms with van der Waals surface area (Å²) in [5.41, 5.74) is 11.5. The molecule has 2 aliphatic rings. The molecule has 0 radical (unpaired) electrons. The van der Waals surface area contributed by atoms with Gasteiger partial charge in [-0.1, -0.05) is 11.6 Å². The first-order valence-electron chi connectivity index (χ1n) is 10.5. The number of carbonyl (C=O) groups is 1. The zero-order valence-electron chi connectivity index (χ0n) is 18.9. The molecule has 2 aliphatic heterocycles. The number of aliphatic imine (C=N–C) groups is 1. The third-order valence-electron chi connectivity index (χ3n) is 6.69. The fourth-order valence-electron chi connectivity index (χ4n) is 4.53. The summed E-state index contributed by atoms with van der Waals surface area (Å²) in [6.07, 6.45) is 0.236. The highest BCUT2D eigenvalue weighted by molar-refractivity contribution is 8.01. The van der Waals surface area contributed by atoms with Crippen molar-refractivity contribution in [1.82, 2.24) is 0 Å². The maximum Gasteiger partial charge on any atom is 0.257 e. The van der Waals surface area contributed by atoms with E-state index in [9.17, 15) is 9.00 Å². The number of nitriles is 1. The van der Waals surface area contributed by atoms with Crippen LogP contribution in [0.1, 0.15) is 48.7 Å². The molecule has 178 valence electrons. The quantitative estimate of drug-likeness (QED) is 0.572. The number of amidine groups is 1. The zero-order valence-corrected chi connectivity index (χ0v) is 20.4. The normalized spacial score (nSPS) is 28.7. The van der Waals surface area contributed by atoms with Gasteiger partial charge in [0.05, 0.1) is 31.9 Å². The standard InChI is InChI=1S/C23H24ClFN6O2S/c1-21(2)20(28)30-22(3,23(8-9-26)31-34(21,23)33)16-11-14(5-7-18(16)25)29-19(32)15-6-4-13(12-27)10-17(15)24/h4-7,10-11H,8-9,26H2,1-3H3,(H2,28,30)(H,29,32)/t22-,23+,34?/m1/s1. The molecular weight excluding hydrogens is 479 g/mol. The Morgan fingerprint density at radius 2 is 1.97 bits per heavy atom. The van der Waals surface area contributed by atoms with Crippen LogP contribution in [-0.2, 0) is 15.3 Å². The fourth-order valence-corrected chi connectivity index (χ4v) is 8.13. The third kappa shape index (κ3) is 3.15. The van der Waals surface area contributed by atoms with Crippen molar-refractivity contribution in [3.05, 3.63) is 63.9 Å². The summed E-state index contributed by atoms with van der Waals surface area (Å²) in [5, 5.41) is 11.8. The van der Waals surface area contributed by atoms with E-state index in [0.29, 0.717) is 5.56 Å². The van der Waals surface area contributed by atoms with Crippen LogP contribution < -0.4 is 16.8 Å². The Balaban J connectivity index is 1.77. The molecule has 4 rings (SSSR count). The molecule has 0 aromatic heterocycles. The van der Waals surface area contributed by atoms with E-state index >= 15 is 4.39 Å². The molecule has 2 heterocycles. The van der Waals surface area contributed by atoms with Crippen LogP contribution in [0, 0.1) is 17.1 Å². The predicted molar refractivity (Wildman–Crippen MR) is 131 cm³/mol. The first-order chi connectivity index (χ1) is 15.9. The highest BCUT2D eigenvalue weighted by Crippen LogP contribution is 2.62. The molecule has 5 N–H and O–H groups in total. The summed E-state index contributed by atoms with van der Waals surface area (Å²) >= 11 is 6.15. The minimum absolute atomic E-state index is 0.0945. The Morgan fingerprint density at radius 3 is 2.59 bits per heavy atom. The summed E-state index contributed by atoms with van der Waals surface area (Å²) in [5.74, 6) is -1.03. The molecule has 3 atom stereocenters. The lowest BCUT2D eigenvalue weighted by Gasteiger charge is -2.42. The highest BCUT2D eigenvalue weighted by atomic mass is 35.5. The Morgan fingerprint density at radius 1 is 1.26 bits per heavy atom. The number of nitrogens with one attached hydrogen (secondary N) is 1. The number of halogens is 2. The van der Waals surface area contributed by atoms with Gasteiger partial charge in [0.2, 0.25) is 0 Å². The van der Waals surface area contributed by atoms with Crippen molar-refractivity contribution in [2.45, 2.75) is 42.3 Å². The fraction of sp³-hybridized carbons (Fsp3) is 0.348. The largest absolute Gasteiger partial charge is 0.386 e. The van der Waals surface area contributed by atoms with Gasteiger partial charge in [0.15, 0.2) is 4.87 Å². The van der Waals surface area contributed by atoms with Crippen LogP contribution in [0.5, 0.6) is 0 Å². The van der Waals surface area contributed by atoms with Gasteiger partial charge in [-0.05, 0) is 63.7 Å². The van der Waals surface area contributed by atoms with Crippen molar-refractivity contribution in [2.24, 2.45) is 20.8 Å². The SMILES string of the molecule is CC1(C)C(N)=N[C@](C)(c2cc(NC(=O)c3ccc(C#N)cc3Cl)ccc2F)[C@@]2(CCN)N=S12=O. The first-order valence-corrected chi connectivity index (χ1v) is 12.4. The van der Waals surface area contributed by atoms with Crippen molar-refractivity contribution in [3.8, 4) is 6.07 Å². The van der Waals surface area contributed by atoms with Crippen LogP contribution in [-0.4, -0.2) is 32.1 Å². The monoisotopic (exact) mass is 502 g/mol. The number of benzene rings is 2. The molecule has 8 nitrogen and oxygen atoms in total. The van der Waals surface area contributed by atoms with Crippen molar-refractivity contribution >= 4 is 38.8 Å². The molecule has 1 amide bonds. The van der Waals surface area contributed by atoms with Crippen molar-refractivity contribution in [2.75, 3.05) is 11.9 Å². The molecule has 0 fully saturated rings. The topological polar surface area (TPSA) is 147 Å². The molecule has 1 unspecified atom stereocenters. The number of carbonyl (C=O) groups excluding carboxylic acids is 1. The zero-order chi connectivity index (χ0) is 25.1. The van der Waals surface area contributed by atoms with Gasteiger partial charge < -0.3 is 16.8 Å². The molecule has 0 spiro atoms. The van der Waals surface area contributed by atoms with Crippen molar-refractivity contribution in [3.63, 3.8) is 0 Å². The van der Waals surface area contributed by atoms with Crippen molar-refractivity contribution in [1.29, 1.82) is 5.26 Å². The van der Waals surface area contributed by atoms with Gasteiger partial charge in [-0.25, -0.2) is 13.0 Å². The second-order valence-electron chi connectivity index (χ2n) is 8.97. The van der Waals surface area contributed by atoms with Crippen LogP contribution in [0.15, 0.2) is 45.8 Å². The predicted octanol–water partition coefficient (Wildman–Crippen LogP) is 3.49. The molecule has 2 aromatic carbocycles. The minimum Gasteiger partial charge on any atom is -0.386 e. The summed E-state index contributed by atoms with van der Waals surface area (Å²) < 4.78 is 32.6. The molecule has 34 heavy (non-hydrogen) atoms. The van der Waals surface area contributed by atoms with Crippen molar-refractivity contribution < 1.29 is 13.4 Å². The highest BCUT2D eigenvalue weighted by Gasteiger charge is 2.74. The average Bonchev–Trinajstić information content (AvgIpc) is 3.42. The van der Waals surface area contributed by atoms with E-state index in [1.54, 1.807) is 20.8 Å². The maximum absolute atomic E-state index is 15.2. The number of hydrogen-bond donors (Lipinski definition) is 3. The van der Waals surface area contributed by atoms with Crippen LogP contribution in [0.3, 0.4) is 0 Å². The number of amides is 1. The van der Waals surface area contributed by atoms with Gasteiger partial charge in [-0.15, -0.1) is 0 Å². The van der Waals surface area contributed by atoms with E-state index in [-0.39, 0.29) is 40.6 Å². The Labute approximate surface area is 202 Å². The van der Waals surface area contributed by atoms with E-state index < -0.39 is 36.6 Å². The van der Waals surface area contributed by atoms with E-state index in [2.05, 4.69) is 14.7 Å². The van der Waals surface area contributed by atoms with E-state index in [1.807, 2.05) is 6.07 Å². The number of hydrogen-bond acceptors (Lipinski definition) is 7. The van der Waals surface area contributed by atoms with Crippen LogP contribution in [0.25, 0.3) is 0 Å².